The van der Waals surface area contributed by atoms with Crippen LogP contribution < -0.4 is 0 Å². The van der Waals surface area contributed by atoms with E-state index >= 15 is 0 Å². The molecule has 0 aromatic carbocycles. The van der Waals surface area contributed by atoms with Gasteiger partial charge in [-0.1, -0.05) is 13.3 Å². The number of rotatable bonds is 4. The van der Waals surface area contributed by atoms with E-state index in [9.17, 15) is 5.21 Å². The van der Waals surface area contributed by atoms with Gasteiger partial charge in [0.25, 0.3) is 0 Å². The van der Waals surface area contributed by atoms with Crippen molar-refractivity contribution in [2.75, 3.05) is 19.6 Å². The molecule has 0 aromatic heterocycles. The number of unbranched alkanes of at least 4 members (excludes halogenated alkanes) is 2. The van der Waals surface area contributed by atoms with Gasteiger partial charge in [0.2, 0.25) is 0 Å². The van der Waals surface area contributed by atoms with Crippen molar-refractivity contribution in [2.45, 2.75) is 32.6 Å². The molecular weight excluding hydrogens is 126 g/mol. The molecule has 1 saturated heterocycles. The van der Waals surface area contributed by atoms with Gasteiger partial charge >= 0.3 is 0 Å². The molecule has 0 bridgehead atoms. The van der Waals surface area contributed by atoms with Crippen LogP contribution in [-0.4, -0.2) is 24.3 Å². The van der Waals surface area contributed by atoms with E-state index < -0.39 is 0 Å². The highest BCUT2D eigenvalue weighted by Gasteiger charge is 2.24. The van der Waals surface area contributed by atoms with Gasteiger partial charge in [-0.3, -0.25) is 0 Å². The SMILES string of the molecule is CCCCC[N+]1([O-])CCC1. The Labute approximate surface area is 63.0 Å². The number of hydrogen-bond acceptors (Lipinski definition) is 1. The van der Waals surface area contributed by atoms with Crippen LogP contribution >= 0.6 is 0 Å². The summed E-state index contributed by atoms with van der Waals surface area (Å²) >= 11 is 0. The van der Waals surface area contributed by atoms with Gasteiger partial charge in [0.1, 0.15) is 0 Å². The van der Waals surface area contributed by atoms with E-state index in [0.717, 1.165) is 32.5 Å². The van der Waals surface area contributed by atoms with E-state index in [4.69, 9.17) is 0 Å². The summed E-state index contributed by atoms with van der Waals surface area (Å²) in [5, 5.41) is 11.4. The first-order valence-electron chi connectivity index (χ1n) is 4.34. The van der Waals surface area contributed by atoms with Crippen molar-refractivity contribution in [1.29, 1.82) is 0 Å². The summed E-state index contributed by atoms with van der Waals surface area (Å²) in [6.45, 7) is 4.80. The van der Waals surface area contributed by atoms with E-state index in [-0.39, 0.29) is 4.65 Å². The molecule has 0 N–H and O–H groups in total. The Morgan fingerprint density at radius 3 is 2.40 bits per heavy atom. The molecule has 60 valence electrons. The molecule has 0 aliphatic carbocycles. The second-order valence-corrected chi connectivity index (χ2v) is 3.29. The Balaban J connectivity index is 2.01. The fourth-order valence-electron chi connectivity index (χ4n) is 1.38. The normalized spacial score (nSPS) is 22.2. The molecule has 1 rings (SSSR count). The average Bonchev–Trinajstić information content (AvgIpc) is 1.85. The molecule has 10 heavy (non-hydrogen) atoms. The lowest BCUT2D eigenvalue weighted by Gasteiger charge is -2.49. The molecule has 1 heterocycles. The molecule has 1 aliphatic rings. The topological polar surface area (TPSA) is 23.1 Å². The van der Waals surface area contributed by atoms with Gasteiger partial charge in [-0.25, -0.2) is 0 Å². The summed E-state index contributed by atoms with van der Waals surface area (Å²) in [6.07, 6.45) is 4.72. The zero-order valence-corrected chi connectivity index (χ0v) is 6.81. The maximum absolute atomic E-state index is 11.4. The summed E-state index contributed by atoms with van der Waals surface area (Å²) in [4.78, 5) is 0. The molecule has 2 nitrogen and oxygen atoms in total. The molecular formula is C8H17NO. The molecule has 0 spiro atoms. The first kappa shape index (κ1) is 8.02. The van der Waals surface area contributed by atoms with Gasteiger partial charge in [-0.15, -0.1) is 0 Å². The van der Waals surface area contributed by atoms with Crippen LogP contribution in [0.4, 0.5) is 0 Å². The van der Waals surface area contributed by atoms with E-state index in [1.54, 1.807) is 0 Å². The van der Waals surface area contributed by atoms with E-state index in [0.29, 0.717) is 0 Å². The van der Waals surface area contributed by atoms with E-state index in [1.165, 1.54) is 12.8 Å². The first-order valence-corrected chi connectivity index (χ1v) is 4.34. The van der Waals surface area contributed by atoms with Gasteiger partial charge in [-0.05, 0) is 12.8 Å². The molecule has 2 heteroatoms. The third-order valence-electron chi connectivity index (χ3n) is 2.30. The Bertz CT molecular complexity index is 99.4. The van der Waals surface area contributed by atoms with Crippen molar-refractivity contribution < 1.29 is 4.65 Å². The monoisotopic (exact) mass is 143 g/mol. The van der Waals surface area contributed by atoms with Crippen molar-refractivity contribution >= 4 is 0 Å². The van der Waals surface area contributed by atoms with Crippen LogP contribution in [0, 0.1) is 5.21 Å². The minimum Gasteiger partial charge on any atom is -0.633 e. The maximum Gasteiger partial charge on any atom is 0.0838 e. The van der Waals surface area contributed by atoms with Gasteiger partial charge < -0.3 is 9.85 Å². The largest absolute Gasteiger partial charge is 0.633 e. The quantitative estimate of drug-likeness (QED) is 0.335. The Kier molecular flexibility index (Phi) is 2.69. The Morgan fingerprint density at radius 1 is 1.30 bits per heavy atom. The predicted molar refractivity (Wildman–Crippen MR) is 42.4 cm³/mol. The van der Waals surface area contributed by atoms with Crippen molar-refractivity contribution in [2.24, 2.45) is 0 Å². The van der Waals surface area contributed by atoms with E-state index in [2.05, 4.69) is 6.92 Å². The first-order chi connectivity index (χ1) is 4.77. The lowest BCUT2D eigenvalue weighted by molar-refractivity contribution is -0.918. The maximum atomic E-state index is 11.4. The average molecular weight is 143 g/mol. The number of likely N-dealkylation sites (tertiary alicyclic amines) is 1. The fourth-order valence-corrected chi connectivity index (χ4v) is 1.38. The van der Waals surface area contributed by atoms with Crippen LogP contribution in [0.5, 0.6) is 0 Å². The third kappa shape index (κ3) is 1.96. The van der Waals surface area contributed by atoms with Crippen molar-refractivity contribution in [3.05, 3.63) is 5.21 Å². The number of hydroxylamine groups is 3. The van der Waals surface area contributed by atoms with Crippen LogP contribution in [0.1, 0.15) is 32.6 Å². The summed E-state index contributed by atoms with van der Waals surface area (Å²) in [7, 11) is 0. The number of quaternary nitrogens is 1. The summed E-state index contributed by atoms with van der Waals surface area (Å²) < 4.78 is 0.111. The molecule has 0 radical (unpaired) electrons. The Hall–Kier alpha value is -0.0800. The van der Waals surface area contributed by atoms with Gasteiger partial charge in [0.15, 0.2) is 0 Å². The lowest BCUT2D eigenvalue weighted by atomic mass is 10.1. The van der Waals surface area contributed by atoms with Crippen LogP contribution in [0.3, 0.4) is 0 Å². The van der Waals surface area contributed by atoms with Gasteiger partial charge in [-0.2, -0.15) is 0 Å². The van der Waals surface area contributed by atoms with Crippen molar-refractivity contribution in [3.63, 3.8) is 0 Å². The standard InChI is InChI=1S/C8H17NO/c1-2-3-4-6-9(10)7-5-8-9/h2-8H2,1H3. The summed E-state index contributed by atoms with van der Waals surface area (Å²) in [6, 6.07) is 0. The van der Waals surface area contributed by atoms with Gasteiger partial charge in [0, 0.05) is 6.42 Å². The molecule has 0 amide bonds. The van der Waals surface area contributed by atoms with Gasteiger partial charge in [0.05, 0.1) is 19.6 Å². The highest BCUT2D eigenvalue weighted by atomic mass is 16.5. The van der Waals surface area contributed by atoms with Crippen LogP contribution in [0.15, 0.2) is 0 Å². The lowest BCUT2D eigenvalue weighted by Crippen LogP contribution is -2.53. The highest BCUT2D eigenvalue weighted by Crippen LogP contribution is 2.18. The smallest absolute Gasteiger partial charge is 0.0838 e. The number of nitrogens with zero attached hydrogens (tertiary/aromatic N) is 1. The molecule has 1 aliphatic heterocycles. The second-order valence-electron chi connectivity index (χ2n) is 3.29. The van der Waals surface area contributed by atoms with Crippen molar-refractivity contribution in [1.82, 2.24) is 0 Å². The molecule has 0 aromatic rings. The minimum absolute atomic E-state index is 0.111. The third-order valence-corrected chi connectivity index (χ3v) is 2.30. The Morgan fingerprint density at radius 2 is 2.00 bits per heavy atom. The van der Waals surface area contributed by atoms with Crippen LogP contribution in [0.2, 0.25) is 0 Å². The van der Waals surface area contributed by atoms with E-state index in [1.807, 2.05) is 0 Å². The second kappa shape index (κ2) is 3.35. The zero-order valence-electron chi connectivity index (χ0n) is 6.81. The summed E-state index contributed by atoms with van der Waals surface area (Å²) in [5.41, 5.74) is 0. The van der Waals surface area contributed by atoms with Crippen LogP contribution in [-0.2, 0) is 0 Å². The highest BCUT2D eigenvalue weighted by molar-refractivity contribution is 4.55. The molecule has 1 fully saturated rings. The zero-order chi connectivity index (χ0) is 7.45. The van der Waals surface area contributed by atoms with Crippen LogP contribution in [0.25, 0.3) is 0 Å². The number of hydrogen-bond donors (Lipinski definition) is 0. The fraction of sp³-hybridized carbons (Fsp3) is 1.00. The molecule has 0 saturated carbocycles. The molecule has 0 atom stereocenters. The molecule has 0 unspecified atom stereocenters. The predicted octanol–water partition coefficient (Wildman–Crippen LogP) is 1.89. The minimum atomic E-state index is 0.111. The summed E-state index contributed by atoms with van der Waals surface area (Å²) in [5.74, 6) is 0. The van der Waals surface area contributed by atoms with Crippen molar-refractivity contribution in [3.8, 4) is 0 Å².